The van der Waals surface area contributed by atoms with Crippen LogP contribution < -0.4 is 5.69 Å². The van der Waals surface area contributed by atoms with E-state index in [0.717, 1.165) is 48.2 Å². The molecule has 3 aromatic heterocycles. The number of aryl methyl sites for hydroxylation is 2. The van der Waals surface area contributed by atoms with Crippen molar-refractivity contribution in [3.05, 3.63) is 70.5 Å². The van der Waals surface area contributed by atoms with Crippen LogP contribution in [-0.4, -0.2) is 34.7 Å². The van der Waals surface area contributed by atoms with Crippen LogP contribution in [0.5, 0.6) is 0 Å². The maximum absolute atomic E-state index is 13.2. The van der Waals surface area contributed by atoms with Gasteiger partial charge in [0.2, 0.25) is 0 Å². The minimum absolute atomic E-state index is 0.0867. The van der Waals surface area contributed by atoms with Crippen molar-refractivity contribution in [2.75, 3.05) is 0 Å². The summed E-state index contributed by atoms with van der Waals surface area (Å²) in [5, 5.41) is 14.1. The zero-order valence-electron chi connectivity index (χ0n) is 20.2. The summed E-state index contributed by atoms with van der Waals surface area (Å²) in [5.74, 6) is 1.10. The van der Waals surface area contributed by atoms with Gasteiger partial charge in [-0.3, -0.25) is 14.1 Å². The van der Waals surface area contributed by atoms with Crippen molar-refractivity contribution in [3.8, 4) is 22.6 Å². The number of nitrogens with zero attached hydrogens (tertiary/aromatic N) is 6. The molecule has 0 radical (unpaired) electrons. The SMILES string of the molecule is CCCCCc1cn(CCC(C)C)c(=O)n1Cc1ccc(-c2cccnc2-c2nnn[nH]2)cc1. The standard InChI is InChI=1S/C26H33N7O/c1-4-5-6-8-22-18-32(16-14-19(2)3)26(34)33(22)17-20-10-12-21(13-11-20)23-9-7-15-27-24(23)25-28-30-31-29-25/h7,9-13,15,18-19H,4-6,8,14,16-17H2,1-3H3,(H,28,29,30,31). The highest BCUT2D eigenvalue weighted by molar-refractivity contribution is 5.77. The van der Waals surface area contributed by atoms with Gasteiger partial charge in [0.1, 0.15) is 5.69 Å². The van der Waals surface area contributed by atoms with E-state index in [1.165, 1.54) is 12.8 Å². The molecule has 0 saturated heterocycles. The fourth-order valence-electron chi connectivity index (χ4n) is 4.12. The van der Waals surface area contributed by atoms with Gasteiger partial charge in [0.05, 0.1) is 6.54 Å². The Kier molecular flexibility index (Phi) is 7.67. The Morgan fingerprint density at radius 3 is 2.62 bits per heavy atom. The summed E-state index contributed by atoms with van der Waals surface area (Å²) in [7, 11) is 0. The first-order valence-electron chi connectivity index (χ1n) is 12.1. The third kappa shape index (κ3) is 5.50. The summed E-state index contributed by atoms with van der Waals surface area (Å²) in [4.78, 5) is 17.7. The largest absolute Gasteiger partial charge is 0.328 e. The molecule has 0 fully saturated rings. The van der Waals surface area contributed by atoms with Gasteiger partial charge in [-0.05, 0) is 52.8 Å². The Morgan fingerprint density at radius 1 is 1.09 bits per heavy atom. The number of hydrogen-bond acceptors (Lipinski definition) is 5. The van der Waals surface area contributed by atoms with E-state index >= 15 is 0 Å². The van der Waals surface area contributed by atoms with Crippen molar-refractivity contribution >= 4 is 0 Å². The quantitative estimate of drug-likeness (QED) is 0.328. The van der Waals surface area contributed by atoms with E-state index < -0.39 is 0 Å². The molecule has 1 N–H and O–H groups in total. The number of benzene rings is 1. The number of imidazole rings is 1. The molecule has 0 aliphatic heterocycles. The molecular formula is C26H33N7O. The zero-order valence-corrected chi connectivity index (χ0v) is 20.2. The summed E-state index contributed by atoms with van der Waals surface area (Å²) < 4.78 is 3.84. The summed E-state index contributed by atoms with van der Waals surface area (Å²) in [6.45, 7) is 7.93. The lowest BCUT2D eigenvalue weighted by molar-refractivity contribution is 0.502. The lowest BCUT2D eigenvalue weighted by Crippen LogP contribution is -2.26. The first kappa shape index (κ1) is 23.6. The highest BCUT2D eigenvalue weighted by Crippen LogP contribution is 2.28. The van der Waals surface area contributed by atoms with Gasteiger partial charge in [0, 0.05) is 30.2 Å². The molecule has 4 aromatic rings. The van der Waals surface area contributed by atoms with Crippen LogP contribution in [0.3, 0.4) is 0 Å². The minimum Gasteiger partial charge on any atom is -0.299 e. The molecule has 8 nitrogen and oxygen atoms in total. The Hall–Kier alpha value is -3.55. The molecule has 178 valence electrons. The van der Waals surface area contributed by atoms with Crippen LogP contribution in [0.4, 0.5) is 0 Å². The molecule has 0 bridgehead atoms. The van der Waals surface area contributed by atoms with Gasteiger partial charge in [0.25, 0.3) is 0 Å². The van der Waals surface area contributed by atoms with Gasteiger partial charge < -0.3 is 0 Å². The third-order valence-electron chi connectivity index (χ3n) is 6.09. The van der Waals surface area contributed by atoms with Crippen molar-refractivity contribution < 1.29 is 0 Å². The van der Waals surface area contributed by atoms with E-state index in [9.17, 15) is 4.79 Å². The van der Waals surface area contributed by atoms with Crippen LogP contribution in [-0.2, 0) is 19.5 Å². The lowest BCUT2D eigenvalue weighted by atomic mass is 10.0. The van der Waals surface area contributed by atoms with Gasteiger partial charge in [0.15, 0.2) is 5.82 Å². The molecule has 0 aliphatic rings. The van der Waals surface area contributed by atoms with Gasteiger partial charge in [-0.1, -0.05) is 63.9 Å². The predicted octanol–water partition coefficient (Wildman–Crippen LogP) is 4.72. The second-order valence-electron chi connectivity index (χ2n) is 9.17. The molecule has 8 heteroatoms. The normalized spacial score (nSPS) is 11.4. The first-order chi connectivity index (χ1) is 16.6. The maximum atomic E-state index is 13.2. The first-order valence-corrected chi connectivity index (χ1v) is 12.1. The van der Waals surface area contributed by atoms with Crippen LogP contribution in [0.2, 0.25) is 0 Å². The van der Waals surface area contributed by atoms with Gasteiger partial charge >= 0.3 is 5.69 Å². The van der Waals surface area contributed by atoms with E-state index in [2.05, 4.69) is 76.8 Å². The van der Waals surface area contributed by atoms with E-state index in [4.69, 9.17) is 0 Å². The van der Waals surface area contributed by atoms with Gasteiger partial charge in [-0.2, -0.15) is 0 Å². The minimum atomic E-state index is 0.0867. The molecule has 0 amide bonds. The topological polar surface area (TPSA) is 94.3 Å². The monoisotopic (exact) mass is 459 g/mol. The highest BCUT2D eigenvalue weighted by Gasteiger charge is 2.14. The summed E-state index contributed by atoms with van der Waals surface area (Å²) in [6, 6.07) is 12.2. The molecule has 4 rings (SSSR count). The van der Waals surface area contributed by atoms with E-state index in [-0.39, 0.29) is 5.69 Å². The second-order valence-corrected chi connectivity index (χ2v) is 9.17. The van der Waals surface area contributed by atoms with Crippen molar-refractivity contribution in [3.63, 3.8) is 0 Å². The molecule has 34 heavy (non-hydrogen) atoms. The average molecular weight is 460 g/mol. The third-order valence-corrected chi connectivity index (χ3v) is 6.09. The molecule has 0 aliphatic carbocycles. The molecule has 0 saturated carbocycles. The number of H-pyrrole nitrogens is 1. The van der Waals surface area contributed by atoms with Crippen molar-refractivity contribution in [1.29, 1.82) is 0 Å². The van der Waals surface area contributed by atoms with Crippen LogP contribution >= 0.6 is 0 Å². The van der Waals surface area contributed by atoms with E-state index in [1.807, 2.05) is 21.3 Å². The summed E-state index contributed by atoms with van der Waals surface area (Å²) >= 11 is 0. The number of rotatable bonds is 11. The van der Waals surface area contributed by atoms with Crippen molar-refractivity contribution in [2.24, 2.45) is 5.92 Å². The Morgan fingerprint density at radius 2 is 1.91 bits per heavy atom. The molecule has 3 heterocycles. The maximum Gasteiger partial charge on any atom is 0.328 e. The molecule has 0 unspecified atom stereocenters. The van der Waals surface area contributed by atoms with E-state index in [1.54, 1.807) is 6.20 Å². The molecular weight excluding hydrogens is 426 g/mol. The van der Waals surface area contributed by atoms with Crippen molar-refractivity contribution in [2.45, 2.75) is 66.0 Å². The number of hydrogen-bond donors (Lipinski definition) is 1. The fourth-order valence-corrected chi connectivity index (χ4v) is 4.12. The zero-order chi connectivity index (χ0) is 23.9. The average Bonchev–Trinajstić information content (AvgIpc) is 3.48. The molecule has 0 atom stereocenters. The van der Waals surface area contributed by atoms with E-state index in [0.29, 0.717) is 24.0 Å². The lowest BCUT2D eigenvalue weighted by Gasteiger charge is -2.10. The smallest absolute Gasteiger partial charge is 0.299 e. The number of aromatic amines is 1. The second kappa shape index (κ2) is 11.0. The number of tetrazole rings is 1. The van der Waals surface area contributed by atoms with Crippen LogP contribution in [0.1, 0.15) is 57.7 Å². The number of pyridine rings is 1. The van der Waals surface area contributed by atoms with Crippen LogP contribution in [0.25, 0.3) is 22.6 Å². The number of unbranched alkanes of at least 4 members (excludes halogenated alkanes) is 2. The predicted molar refractivity (Wildman–Crippen MR) is 133 cm³/mol. The van der Waals surface area contributed by atoms with Gasteiger partial charge in [-0.15, -0.1) is 5.10 Å². The molecule has 0 spiro atoms. The summed E-state index contributed by atoms with van der Waals surface area (Å²) in [6.07, 6.45) is 9.17. The Labute approximate surface area is 200 Å². The van der Waals surface area contributed by atoms with Crippen LogP contribution in [0, 0.1) is 5.92 Å². The fraction of sp³-hybridized carbons (Fsp3) is 0.423. The number of nitrogens with one attached hydrogen (secondary N) is 1. The summed E-state index contributed by atoms with van der Waals surface area (Å²) in [5.41, 5.74) is 4.98. The molecule has 1 aromatic carbocycles. The highest BCUT2D eigenvalue weighted by atomic mass is 16.1. The van der Waals surface area contributed by atoms with Gasteiger partial charge in [-0.25, -0.2) is 9.89 Å². The number of aromatic nitrogens is 7. The Balaban J connectivity index is 1.58. The van der Waals surface area contributed by atoms with Crippen molar-refractivity contribution in [1.82, 2.24) is 34.7 Å². The van der Waals surface area contributed by atoms with Crippen LogP contribution in [0.15, 0.2) is 53.6 Å². The Bertz CT molecular complexity index is 1240.